The van der Waals surface area contributed by atoms with Crippen molar-refractivity contribution in [2.45, 2.75) is 161 Å². The van der Waals surface area contributed by atoms with E-state index >= 15 is 0 Å². The number of rotatable bonds is 26. The normalized spacial score (nSPS) is 12.0. The van der Waals surface area contributed by atoms with E-state index < -0.39 is 6.10 Å². The Labute approximate surface area is 210 Å². The van der Waals surface area contributed by atoms with Crippen molar-refractivity contribution in [3.05, 3.63) is 0 Å². The molecule has 5 nitrogen and oxygen atoms in total. The summed E-state index contributed by atoms with van der Waals surface area (Å²) in [7, 11) is 0. The Morgan fingerprint density at radius 2 is 0.941 bits per heavy atom. The van der Waals surface area contributed by atoms with Gasteiger partial charge < -0.3 is 14.6 Å². The minimum atomic E-state index is -0.756. The monoisotopic (exact) mass is 484 g/mol. The number of hydrogen-bond acceptors (Lipinski definition) is 5. The zero-order valence-electron chi connectivity index (χ0n) is 22.6. The number of carbonyl (C=O) groups excluding carboxylic acids is 2. The fourth-order valence-corrected chi connectivity index (χ4v) is 4.12. The van der Waals surface area contributed by atoms with E-state index in [4.69, 9.17) is 9.47 Å². The molecule has 1 unspecified atom stereocenters. The van der Waals surface area contributed by atoms with Crippen LogP contribution in [-0.2, 0) is 19.1 Å². The summed E-state index contributed by atoms with van der Waals surface area (Å²) in [5.74, 6) is -0.625. The molecule has 0 aromatic carbocycles. The minimum Gasteiger partial charge on any atom is -0.462 e. The Bertz CT molecular complexity index is 452. The van der Waals surface area contributed by atoms with E-state index in [-0.39, 0.29) is 25.2 Å². The Morgan fingerprint density at radius 1 is 0.559 bits per heavy atom. The topological polar surface area (TPSA) is 72.8 Å². The van der Waals surface area contributed by atoms with Crippen LogP contribution in [0.1, 0.15) is 155 Å². The van der Waals surface area contributed by atoms with Crippen molar-refractivity contribution >= 4 is 11.9 Å². The molecule has 0 heterocycles. The summed E-state index contributed by atoms with van der Waals surface area (Å²) in [6.07, 6.45) is 25.4. The van der Waals surface area contributed by atoms with E-state index in [1.165, 1.54) is 96.3 Å². The number of aliphatic hydroxyl groups is 1. The molecule has 0 aromatic heterocycles. The molecule has 1 N–H and O–H groups in total. The number of esters is 2. The molecule has 202 valence electrons. The molecule has 0 aliphatic rings. The lowest BCUT2D eigenvalue weighted by Gasteiger charge is -2.15. The van der Waals surface area contributed by atoms with Crippen molar-refractivity contribution in [2.75, 3.05) is 13.2 Å². The first-order valence-electron chi connectivity index (χ1n) is 14.6. The Kier molecular flexibility index (Phi) is 25.6. The lowest BCUT2D eigenvalue weighted by atomic mass is 10.0. The first-order chi connectivity index (χ1) is 16.6. The predicted octanol–water partition coefficient (Wildman–Crippen LogP) is 8.06. The van der Waals surface area contributed by atoms with Crippen molar-refractivity contribution in [2.24, 2.45) is 0 Å². The summed E-state index contributed by atoms with van der Waals surface area (Å²) in [5.41, 5.74) is 0. The second-order valence-electron chi connectivity index (χ2n) is 9.84. The van der Waals surface area contributed by atoms with Crippen molar-refractivity contribution in [1.82, 2.24) is 0 Å². The maximum Gasteiger partial charge on any atom is 0.306 e. The zero-order chi connectivity index (χ0) is 25.1. The molecule has 0 aromatic rings. The second-order valence-corrected chi connectivity index (χ2v) is 9.84. The number of aliphatic hydroxyl groups excluding tert-OH is 1. The molecule has 1 atom stereocenters. The van der Waals surface area contributed by atoms with Gasteiger partial charge in [-0.15, -0.1) is 0 Å². The molecule has 0 saturated carbocycles. The van der Waals surface area contributed by atoms with Crippen LogP contribution in [0.15, 0.2) is 0 Å². The van der Waals surface area contributed by atoms with Crippen molar-refractivity contribution in [3.8, 4) is 0 Å². The van der Waals surface area contributed by atoms with Gasteiger partial charge in [-0.2, -0.15) is 0 Å². The first kappa shape index (κ1) is 32.9. The summed E-state index contributed by atoms with van der Waals surface area (Å²) in [5, 5.41) is 9.32. The summed E-state index contributed by atoms with van der Waals surface area (Å²) in [6.45, 7) is 3.89. The highest BCUT2D eigenvalue weighted by Crippen LogP contribution is 2.14. The molecule has 0 aliphatic carbocycles. The SMILES string of the molecule is CCCCCCCCCCCCCCCCCCCCC(=O)OC(CO)COC(=O)CCCC. The molecule has 0 bridgehead atoms. The van der Waals surface area contributed by atoms with Crippen LogP contribution in [0.25, 0.3) is 0 Å². The van der Waals surface area contributed by atoms with E-state index in [9.17, 15) is 14.7 Å². The molecule has 0 aliphatic heterocycles. The van der Waals surface area contributed by atoms with Crippen LogP contribution in [0, 0.1) is 0 Å². The third-order valence-corrected chi connectivity index (χ3v) is 6.40. The third-order valence-electron chi connectivity index (χ3n) is 6.40. The summed E-state index contributed by atoms with van der Waals surface area (Å²) < 4.78 is 10.3. The molecular weight excluding hydrogens is 428 g/mol. The maximum absolute atomic E-state index is 11.9. The highest BCUT2D eigenvalue weighted by Gasteiger charge is 2.15. The molecule has 5 heteroatoms. The predicted molar refractivity (Wildman–Crippen MR) is 141 cm³/mol. The van der Waals surface area contributed by atoms with Crippen LogP contribution in [0.5, 0.6) is 0 Å². The average molecular weight is 485 g/mol. The Balaban J connectivity index is 3.39. The Morgan fingerprint density at radius 3 is 1.35 bits per heavy atom. The van der Waals surface area contributed by atoms with Gasteiger partial charge in [0.1, 0.15) is 6.61 Å². The maximum atomic E-state index is 11.9. The van der Waals surface area contributed by atoms with Gasteiger partial charge in [0.2, 0.25) is 0 Å². The van der Waals surface area contributed by atoms with Crippen molar-refractivity contribution < 1.29 is 24.2 Å². The summed E-state index contributed by atoms with van der Waals surface area (Å²) >= 11 is 0. The summed E-state index contributed by atoms with van der Waals surface area (Å²) in [4.78, 5) is 23.4. The van der Waals surface area contributed by atoms with Crippen LogP contribution in [0.4, 0.5) is 0 Å². The van der Waals surface area contributed by atoms with Crippen molar-refractivity contribution in [3.63, 3.8) is 0 Å². The molecular formula is C29H56O5. The smallest absolute Gasteiger partial charge is 0.306 e. The van der Waals surface area contributed by atoms with Gasteiger partial charge >= 0.3 is 11.9 Å². The van der Waals surface area contributed by atoms with E-state index in [0.29, 0.717) is 12.8 Å². The van der Waals surface area contributed by atoms with Crippen LogP contribution in [0.2, 0.25) is 0 Å². The third kappa shape index (κ3) is 24.0. The van der Waals surface area contributed by atoms with E-state index in [1.807, 2.05) is 6.92 Å². The van der Waals surface area contributed by atoms with Gasteiger partial charge in [0.15, 0.2) is 6.10 Å². The van der Waals surface area contributed by atoms with E-state index in [1.54, 1.807) is 0 Å². The van der Waals surface area contributed by atoms with Gasteiger partial charge in [-0.05, 0) is 12.8 Å². The molecule has 0 fully saturated rings. The van der Waals surface area contributed by atoms with Crippen LogP contribution in [-0.4, -0.2) is 36.4 Å². The van der Waals surface area contributed by atoms with Gasteiger partial charge in [-0.3, -0.25) is 9.59 Å². The second kappa shape index (κ2) is 26.5. The summed E-state index contributed by atoms with van der Waals surface area (Å²) in [6, 6.07) is 0. The van der Waals surface area contributed by atoms with Crippen LogP contribution >= 0.6 is 0 Å². The standard InChI is InChI=1S/C29H56O5/c1-3-5-7-8-9-10-11-12-13-14-15-16-17-18-19-20-21-22-24-29(32)34-27(25-30)26-33-28(31)23-6-4-2/h27,30H,3-26H2,1-2H3. The van der Waals surface area contributed by atoms with Gasteiger partial charge in [0.05, 0.1) is 6.61 Å². The highest BCUT2D eigenvalue weighted by atomic mass is 16.6. The van der Waals surface area contributed by atoms with Crippen LogP contribution in [0.3, 0.4) is 0 Å². The Hall–Kier alpha value is -1.10. The molecule has 0 amide bonds. The van der Waals surface area contributed by atoms with Gasteiger partial charge in [0, 0.05) is 12.8 Å². The number of ether oxygens (including phenoxy) is 2. The average Bonchev–Trinajstić information content (AvgIpc) is 2.84. The molecule has 0 spiro atoms. The van der Waals surface area contributed by atoms with E-state index in [2.05, 4.69) is 6.92 Å². The molecule has 0 radical (unpaired) electrons. The van der Waals surface area contributed by atoms with Crippen LogP contribution < -0.4 is 0 Å². The minimum absolute atomic E-state index is 0.0656. The first-order valence-corrected chi connectivity index (χ1v) is 14.6. The lowest BCUT2D eigenvalue weighted by molar-refractivity contribution is -0.161. The lowest BCUT2D eigenvalue weighted by Crippen LogP contribution is -2.28. The van der Waals surface area contributed by atoms with Gasteiger partial charge in [-0.1, -0.05) is 129 Å². The zero-order valence-corrected chi connectivity index (χ0v) is 22.6. The molecule has 0 saturated heterocycles. The number of carbonyl (C=O) groups is 2. The quantitative estimate of drug-likeness (QED) is 0.0992. The fourth-order valence-electron chi connectivity index (χ4n) is 4.12. The van der Waals surface area contributed by atoms with Gasteiger partial charge in [-0.25, -0.2) is 0 Å². The van der Waals surface area contributed by atoms with Gasteiger partial charge in [0.25, 0.3) is 0 Å². The highest BCUT2D eigenvalue weighted by molar-refractivity contribution is 5.70. The molecule has 0 rings (SSSR count). The molecule has 34 heavy (non-hydrogen) atoms. The number of hydrogen-bond donors (Lipinski definition) is 1. The van der Waals surface area contributed by atoms with Crippen molar-refractivity contribution in [1.29, 1.82) is 0 Å². The van der Waals surface area contributed by atoms with E-state index in [0.717, 1.165) is 32.1 Å². The fraction of sp³-hybridized carbons (Fsp3) is 0.931. The number of unbranched alkanes of at least 4 members (excludes halogenated alkanes) is 18. The largest absolute Gasteiger partial charge is 0.462 e.